The molecule has 6 nitrogen and oxygen atoms in total. The van der Waals surface area contributed by atoms with Crippen LogP contribution in [0.2, 0.25) is 0 Å². The molecule has 0 aromatic heterocycles. The van der Waals surface area contributed by atoms with Crippen LogP contribution in [0, 0.1) is 0 Å². The average Bonchev–Trinajstić information content (AvgIpc) is 3.21. The highest BCUT2D eigenvalue weighted by Gasteiger charge is 2.30. The van der Waals surface area contributed by atoms with Crippen LogP contribution in [0.1, 0.15) is 18.4 Å². The summed E-state index contributed by atoms with van der Waals surface area (Å²) in [6.45, 7) is 0.710. The highest BCUT2D eigenvalue weighted by molar-refractivity contribution is 5.80. The Hall–Kier alpha value is -2.08. The molecule has 0 heterocycles. The van der Waals surface area contributed by atoms with Crippen molar-refractivity contribution in [3.05, 3.63) is 29.8 Å². The first-order valence-electron chi connectivity index (χ1n) is 7.06. The van der Waals surface area contributed by atoms with E-state index < -0.39 is 5.91 Å². The van der Waals surface area contributed by atoms with Gasteiger partial charge in [0.25, 0.3) is 0 Å². The van der Waals surface area contributed by atoms with Crippen molar-refractivity contribution in [3.8, 4) is 0 Å². The number of carbonyl (C=O) groups is 2. The summed E-state index contributed by atoms with van der Waals surface area (Å²) in [5, 5.41) is 0. The molecule has 114 valence electrons. The minimum absolute atomic E-state index is 0.0163. The summed E-state index contributed by atoms with van der Waals surface area (Å²) in [5.74, 6) is -0.427. The van der Waals surface area contributed by atoms with Crippen LogP contribution in [0.15, 0.2) is 24.3 Å². The Morgan fingerprint density at radius 2 is 2.00 bits per heavy atom. The van der Waals surface area contributed by atoms with Crippen molar-refractivity contribution in [1.82, 2.24) is 9.80 Å². The number of nitrogen functional groups attached to an aromatic ring is 1. The molecule has 1 fully saturated rings. The van der Waals surface area contributed by atoms with Gasteiger partial charge in [-0.25, -0.2) is 0 Å². The Morgan fingerprint density at radius 1 is 1.29 bits per heavy atom. The number of anilines is 1. The van der Waals surface area contributed by atoms with Gasteiger partial charge in [-0.3, -0.25) is 14.5 Å². The monoisotopic (exact) mass is 290 g/mol. The number of nitrogens with two attached hydrogens (primary N) is 2. The standard InChI is InChI=1S/C15H22N4O2/c1-18(13-5-6-13)15(21)10-19(9-14(17)20)8-11-3-2-4-12(16)7-11/h2-4,7,13H,5-6,8-10,16H2,1H3,(H2,17,20). The van der Waals surface area contributed by atoms with Gasteiger partial charge in [-0.2, -0.15) is 0 Å². The zero-order valence-electron chi connectivity index (χ0n) is 12.3. The molecule has 0 aliphatic heterocycles. The number of amides is 2. The summed E-state index contributed by atoms with van der Waals surface area (Å²) >= 11 is 0. The summed E-state index contributed by atoms with van der Waals surface area (Å²) in [7, 11) is 1.81. The molecule has 21 heavy (non-hydrogen) atoms. The number of likely N-dealkylation sites (N-methyl/N-ethyl adjacent to an activating group) is 1. The van der Waals surface area contributed by atoms with Crippen LogP contribution in [0.25, 0.3) is 0 Å². The minimum Gasteiger partial charge on any atom is -0.399 e. The molecule has 0 radical (unpaired) electrons. The van der Waals surface area contributed by atoms with Gasteiger partial charge in [-0.1, -0.05) is 12.1 Å². The van der Waals surface area contributed by atoms with Crippen molar-refractivity contribution in [3.63, 3.8) is 0 Å². The van der Waals surface area contributed by atoms with Crippen LogP contribution in [-0.4, -0.2) is 47.8 Å². The molecule has 0 spiro atoms. The van der Waals surface area contributed by atoms with E-state index in [-0.39, 0.29) is 19.0 Å². The minimum atomic E-state index is -0.444. The van der Waals surface area contributed by atoms with Gasteiger partial charge in [0, 0.05) is 25.3 Å². The SMILES string of the molecule is CN(C(=O)CN(CC(N)=O)Cc1cccc(N)c1)C1CC1. The van der Waals surface area contributed by atoms with E-state index in [9.17, 15) is 9.59 Å². The van der Waals surface area contributed by atoms with Gasteiger partial charge in [0.15, 0.2) is 0 Å². The maximum Gasteiger partial charge on any atom is 0.236 e. The number of nitrogens with zero attached hydrogens (tertiary/aromatic N) is 2. The lowest BCUT2D eigenvalue weighted by atomic mass is 10.2. The summed E-state index contributed by atoms with van der Waals surface area (Å²) in [6, 6.07) is 7.77. The van der Waals surface area contributed by atoms with Crippen molar-refractivity contribution in [1.29, 1.82) is 0 Å². The van der Waals surface area contributed by atoms with Crippen LogP contribution in [0.5, 0.6) is 0 Å². The van der Waals surface area contributed by atoms with Crippen molar-refractivity contribution in [2.75, 3.05) is 25.9 Å². The molecule has 6 heteroatoms. The Bertz CT molecular complexity index is 528. The molecular weight excluding hydrogens is 268 g/mol. The van der Waals surface area contributed by atoms with E-state index in [4.69, 9.17) is 11.5 Å². The first-order valence-corrected chi connectivity index (χ1v) is 7.06. The molecule has 2 amide bonds. The lowest BCUT2D eigenvalue weighted by molar-refractivity contribution is -0.132. The third-order valence-corrected chi connectivity index (χ3v) is 3.58. The Balaban J connectivity index is 1.99. The number of carbonyl (C=O) groups excluding carboxylic acids is 2. The quantitative estimate of drug-likeness (QED) is 0.700. The van der Waals surface area contributed by atoms with Crippen molar-refractivity contribution in [2.45, 2.75) is 25.4 Å². The molecule has 2 rings (SSSR count). The van der Waals surface area contributed by atoms with Crippen LogP contribution >= 0.6 is 0 Å². The molecule has 1 aliphatic rings. The molecule has 0 bridgehead atoms. The van der Waals surface area contributed by atoms with E-state index in [0.717, 1.165) is 18.4 Å². The van der Waals surface area contributed by atoms with Gasteiger partial charge in [-0.15, -0.1) is 0 Å². The van der Waals surface area contributed by atoms with Gasteiger partial charge in [0.05, 0.1) is 13.1 Å². The van der Waals surface area contributed by atoms with E-state index >= 15 is 0 Å². The van der Waals surface area contributed by atoms with E-state index in [0.29, 0.717) is 18.3 Å². The van der Waals surface area contributed by atoms with Crippen LogP contribution in [-0.2, 0) is 16.1 Å². The topological polar surface area (TPSA) is 92.7 Å². The normalized spacial score (nSPS) is 14.2. The number of rotatable bonds is 7. The van der Waals surface area contributed by atoms with Crippen LogP contribution in [0.3, 0.4) is 0 Å². The summed E-state index contributed by atoms with van der Waals surface area (Å²) in [5.41, 5.74) is 12.6. The fourth-order valence-electron chi connectivity index (χ4n) is 2.31. The average molecular weight is 290 g/mol. The number of hydrogen-bond donors (Lipinski definition) is 2. The second kappa shape index (κ2) is 6.58. The molecule has 4 N–H and O–H groups in total. The third-order valence-electron chi connectivity index (χ3n) is 3.58. The number of primary amides is 1. The summed E-state index contributed by atoms with van der Waals surface area (Å²) in [6.07, 6.45) is 2.13. The highest BCUT2D eigenvalue weighted by Crippen LogP contribution is 2.25. The highest BCUT2D eigenvalue weighted by atomic mass is 16.2. The van der Waals surface area contributed by atoms with Gasteiger partial charge >= 0.3 is 0 Å². The summed E-state index contributed by atoms with van der Waals surface area (Å²) < 4.78 is 0. The molecule has 1 aromatic rings. The molecule has 1 aromatic carbocycles. The van der Waals surface area contributed by atoms with E-state index in [1.165, 1.54) is 0 Å². The fraction of sp³-hybridized carbons (Fsp3) is 0.467. The lowest BCUT2D eigenvalue weighted by Gasteiger charge is -2.24. The van der Waals surface area contributed by atoms with Crippen molar-refractivity contribution in [2.24, 2.45) is 5.73 Å². The van der Waals surface area contributed by atoms with Crippen LogP contribution in [0.4, 0.5) is 5.69 Å². The van der Waals surface area contributed by atoms with Gasteiger partial charge in [0.2, 0.25) is 11.8 Å². The maximum absolute atomic E-state index is 12.2. The third kappa shape index (κ3) is 4.75. The zero-order chi connectivity index (χ0) is 15.4. The fourth-order valence-corrected chi connectivity index (χ4v) is 2.31. The van der Waals surface area contributed by atoms with E-state index in [1.54, 1.807) is 15.9 Å². The molecular formula is C15H22N4O2. The predicted molar refractivity (Wildman–Crippen MR) is 81.1 cm³/mol. The van der Waals surface area contributed by atoms with Gasteiger partial charge in [0.1, 0.15) is 0 Å². The first-order chi connectivity index (χ1) is 9.95. The van der Waals surface area contributed by atoms with Gasteiger partial charge < -0.3 is 16.4 Å². The zero-order valence-corrected chi connectivity index (χ0v) is 12.3. The molecule has 0 unspecified atom stereocenters. The van der Waals surface area contributed by atoms with Gasteiger partial charge in [-0.05, 0) is 30.5 Å². The summed E-state index contributed by atoms with van der Waals surface area (Å²) in [4.78, 5) is 26.9. The Kier molecular flexibility index (Phi) is 4.80. The largest absolute Gasteiger partial charge is 0.399 e. The van der Waals surface area contributed by atoms with Crippen molar-refractivity contribution >= 4 is 17.5 Å². The van der Waals surface area contributed by atoms with Crippen molar-refractivity contribution < 1.29 is 9.59 Å². The Labute approximate surface area is 124 Å². The molecule has 1 saturated carbocycles. The molecule has 1 aliphatic carbocycles. The number of hydrogen-bond acceptors (Lipinski definition) is 4. The second-order valence-corrected chi connectivity index (χ2v) is 5.59. The molecule has 0 saturated heterocycles. The van der Waals surface area contributed by atoms with Crippen LogP contribution < -0.4 is 11.5 Å². The smallest absolute Gasteiger partial charge is 0.236 e. The first kappa shape index (κ1) is 15.3. The van der Waals surface area contributed by atoms with E-state index in [2.05, 4.69) is 0 Å². The number of benzene rings is 1. The van der Waals surface area contributed by atoms with E-state index in [1.807, 2.05) is 25.2 Å². The lowest BCUT2D eigenvalue weighted by Crippen LogP contribution is -2.42. The second-order valence-electron chi connectivity index (χ2n) is 5.59. The predicted octanol–water partition coefficient (Wildman–Crippen LogP) is 0.177. The maximum atomic E-state index is 12.2. The Morgan fingerprint density at radius 3 is 2.57 bits per heavy atom. The molecule has 0 atom stereocenters.